The van der Waals surface area contributed by atoms with Gasteiger partial charge in [0.2, 0.25) is 0 Å². The third-order valence-electron chi connectivity index (χ3n) is 3.75. The van der Waals surface area contributed by atoms with Crippen molar-refractivity contribution in [1.29, 1.82) is 0 Å². The van der Waals surface area contributed by atoms with Gasteiger partial charge in [-0.25, -0.2) is 0 Å². The van der Waals surface area contributed by atoms with Crippen LogP contribution in [0.5, 0.6) is 0 Å². The SMILES string of the molecule is CCCC(C)CC(CBr)(CBr)c1ccccc1C. The van der Waals surface area contributed by atoms with Gasteiger partial charge in [-0.15, -0.1) is 0 Å². The minimum Gasteiger partial charge on any atom is -0.0918 e. The fourth-order valence-corrected chi connectivity index (χ4v) is 4.82. The molecule has 0 radical (unpaired) electrons. The van der Waals surface area contributed by atoms with Gasteiger partial charge in [-0.1, -0.05) is 82.8 Å². The lowest BCUT2D eigenvalue weighted by molar-refractivity contribution is 0.373. The van der Waals surface area contributed by atoms with E-state index in [1.807, 2.05) is 0 Å². The Morgan fingerprint density at radius 2 is 1.78 bits per heavy atom. The minimum absolute atomic E-state index is 0.222. The summed E-state index contributed by atoms with van der Waals surface area (Å²) in [5, 5.41) is 2.04. The summed E-state index contributed by atoms with van der Waals surface area (Å²) in [5.74, 6) is 0.768. The second-order valence-corrected chi connectivity index (χ2v) is 6.58. The second kappa shape index (κ2) is 7.69. The van der Waals surface area contributed by atoms with Gasteiger partial charge in [0.15, 0.2) is 0 Å². The summed E-state index contributed by atoms with van der Waals surface area (Å²) in [7, 11) is 0. The van der Waals surface area contributed by atoms with Crippen LogP contribution < -0.4 is 0 Å². The quantitative estimate of drug-likeness (QED) is 0.524. The van der Waals surface area contributed by atoms with Crippen LogP contribution in [0, 0.1) is 12.8 Å². The summed E-state index contributed by atoms with van der Waals surface area (Å²) in [6, 6.07) is 8.80. The van der Waals surface area contributed by atoms with Gasteiger partial charge in [-0.05, 0) is 30.4 Å². The van der Waals surface area contributed by atoms with Gasteiger partial charge in [0, 0.05) is 16.1 Å². The highest BCUT2D eigenvalue weighted by molar-refractivity contribution is 9.09. The van der Waals surface area contributed by atoms with Gasteiger partial charge in [0.1, 0.15) is 0 Å². The van der Waals surface area contributed by atoms with Gasteiger partial charge in [0.25, 0.3) is 0 Å². The third kappa shape index (κ3) is 3.84. The Hall–Kier alpha value is 0.180. The van der Waals surface area contributed by atoms with E-state index in [1.54, 1.807) is 0 Å². The highest BCUT2D eigenvalue weighted by Gasteiger charge is 2.32. The lowest BCUT2D eigenvalue weighted by Gasteiger charge is -2.34. The van der Waals surface area contributed by atoms with Gasteiger partial charge in [-0.3, -0.25) is 0 Å². The first-order valence-electron chi connectivity index (χ1n) is 6.77. The fraction of sp³-hybridized carbons (Fsp3) is 0.625. The standard InChI is InChI=1S/C16H24Br2/c1-4-7-13(2)10-16(11-17,12-18)15-9-6-5-8-14(15)3/h5-6,8-9,13H,4,7,10-12H2,1-3H3. The van der Waals surface area contributed by atoms with E-state index in [2.05, 4.69) is 76.9 Å². The largest absolute Gasteiger partial charge is 0.0918 e. The van der Waals surface area contributed by atoms with Crippen molar-refractivity contribution in [3.05, 3.63) is 35.4 Å². The van der Waals surface area contributed by atoms with E-state index in [0.29, 0.717) is 0 Å². The number of aryl methyl sites for hydroxylation is 1. The van der Waals surface area contributed by atoms with E-state index < -0.39 is 0 Å². The summed E-state index contributed by atoms with van der Waals surface area (Å²) in [4.78, 5) is 0. The first-order chi connectivity index (χ1) is 8.59. The van der Waals surface area contributed by atoms with E-state index in [0.717, 1.165) is 16.6 Å². The Bertz CT molecular complexity index is 356. The number of hydrogen-bond acceptors (Lipinski definition) is 0. The van der Waals surface area contributed by atoms with Crippen LogP contribution in [0.25, 0.3) is 0 Å². The van der Waals surface area contributed by atoms with Crippen LogP contribution in [0.15, 0.2) is 24.3 Å². The summed E-state index contributed by atoms with van der Waals surface area (Å²) in [6.07, 6.45) is 3.82. The first-order valence-corrected chi connectivity index (χ1v) is 9.02. The monoisotopic (exact) mass is 374 g/mol. The Labute approximate surface area is 129 Å². The molecule has 0 bridgehead atoms. The molecule has 0 fully saturated rings. The molecule has 0 amide bonds. The fourth-order valence-electron chi connectivity index (χ4n) is 2.83. The Morgan fingerprint density at radius 3 is 2.28 bits per heavy atom. The molecule has 18 heavy (non-hydrogen) atoms. The topological polar surface area (TPSA) is 0 Å². The number of rotatable bonds is 7. The number of benzene rings is 1. The molecule has 1 aromatic carbocycles. The molecular formula is C16H24Br2. The third-order valence-corrected chi connectivity index (χ3v) is 5.90. The van der Waals surface area contributed by atoms with E-state index in [9.17, 15) is 0 Å². The molecule has 0 saturated carbocycles. The summed E-state index contributed by atoms with van der Waals surface area (Å²) < 4.78 is 0. The van der Waals surface area contributed by atoms with Gasteiger partial charge in [0.05, 0.1) is 0 Å². The predicted molar refractivity (Wildman–Crippen MR) is 89.1 cm³/mol. The van der Waals surface area contributed by atoms with Crippen LogP contribution in [0.1, 0.15) is 44.2 Å². The van der Waals surface area contributed by atoms with Crippen LogP contribution >= 0.6 is 31.9 Å². The number of halogens is 2. The van der Waals surface area contributed by atoms with Crippen molar-refractivity contribution in [2.75, 3.05) is 10.7 Å². The smallest absolute Gasteiger partial charge is 0.0152 e. The molecule has 1 atom stereocenters. The zero-order chi connectivity index (χ0) is 13.6. The van der Waals surface area contributed by atoms with Gasteiger partial charge < -0.3 is 0 Å². The average molecular weight is 376 g/mol. The van der Waals surface area contributed by atoms with Crippen molar-refractivity contribution in [3.8, 4) is 0 Å². The maximum atomic E-state index is 3.75. The molecule has 0 heterocycles. The molecular weight excluding hydrogens is 352 g/mol. The van der Waals surface area contributed by atoms with Crippen LogP contribution in [-0.2, 0) is 5.41 Å². The van der Waals surface area contributed by atoms with Crippen molar-refractivity contribution in [2.45, 2.75) is 45.4 Å². The molecule has 102 valence electrons. The van der Waals surface area contributed by atoms with Crippen molar-refractivity contribution in [2.24, 2.45) is 5.92 Å². The van der Waals surface area contributed by atoms with Crippen LogP contribution in [-0.4, -0.2) is 10.7 Å². The van der Waals surface area contributed by atoms with Crippen molar-refractivity contribution < 1.29 is 0 Å². The van der Waals surface area contributed by atoms with Crippen molar-refractivity contribution >= 4 is 31.9 Å². The summed E-state index contributed by atoms with van der Waals surface area (Å²) in [6.45, 7) is 6.87. The molecule has 0 aromatic heterocycles. The van der Waals surface area contributed by atoms with Gasteiger partial charge in [-0.2, -0.15) is 0 Å². The van der Waals surface area contributed by atoms with Crippen LogP contribution in [0.4, 0.5) is 0 Å². The van der Waals surface area contributed by atoms with Crippen LogP contribution in [0.2, 0.25) is 0 Å². The molecule has 0 aliphatic carbocycles. The number of alkyl halides is 2. The molecule has 1 unspecified atom stereocenters. The minimum atomic E-state index is 0.222. The molecule has 0 spiro atoms. The molecule has 0 saturated heterocycles. The summed E-state index contributed by atoms with van der Waals surface area (Å²) in [5.41, 5.74) is 3.11. The molecule has 2 heteroatoms. The first kappa shape index (κ1) is 16.2. The Kier molecular flexibility index (Phi) is 6.94. The second-order valence-electron chi connectivity index (χ2n) is 5.46. The lowest BCUT2D eigenvalue weighted by atomic mass is 9.75. The zero-order valence-electron chi connectivity index (χ0n) is 11.7. The van der Waals surface area contributed by atoms with Crippen molar-refractivity contribution in [1.82, 2.24) is 0 Å². The normalized spacial score (nSPS) is 13.6. The van der Waals surface area contributed by atoms with Crippen molar-refractivity contribution in [3.63, 3.8) is 0 Å². The maximum Gasteiger partial charge on any atom is 0.0152 e. The predicted octanol–water partition coefficient (Wildman–Crippen LogP) is 5.85. The van der Waals surface area contributed by atoms with E-state index in [1.165, 1.54) is 30.4 Å². The summed E-state index contributed by atoms with van der Waals surface area (Å²) >= 11 is 7.51. The maximum absolute atomic E-state index is 3.75. The van der Waals surface area contributed by atoms with E-state index in [4.69, 9.17) is 0 Å². The highest BCUT2D eigenvalue weighted by Crippen LogP contribution is 2.37. The molecule has 1 aromatic rings. The average Bonchev–Trinajstić information content (AvgIpc) is 2.37. The Balaban J connectivity index is 3.03. The van der Waals surface area contributed by atoms with E-state index in [-0.39, 0.29) is 5.41 Å². The molecule has 0 aliphatic rings. The molecule has 0 aliphatic heterocycles. The zero-order valence-corrected chi connectivity index (χ0v) is 14.9. The highest BCUT2D eigenvalue weighted by atomic mass is 79.9. The van der Waals surface area contributed by atoms with Gasteiger partial charge >= 0.3 is 0 Å². The van der Waals surface area contributed by atoms with E-state index >= 15 is 0 Å². The number of hydrogen-bond donors (Lipinski definition) is 0. The molecule has 0 nitrogen and oxygen atoms in total. The Morgan fingerprint density at radius 1 is 1.17 bits per heavy atom. The lowest BCUT2D eigenvalue weighted by Crippen LogP contribution is -2.33. The molecule has 1 rings (SSSR count). The van der Waals surface area contributed by atoms with Crippen LogP contribution in [0.3, 0.4) is 0 Å². The molecule has 0 N–H and O–H groups in total.